The van der Waals surface area contributed by atoms with Crippen LogP contribution >= 0.6 is 0 Å². The molecule has 0 aromatic heterocycles. The first-order chi connectivity index (χ1) is 11.0. The van der Waals surface area contributed by atoms with E-state index < -0.39 is 0 Å². The van der Waals surface area contributed by atoms with Gasteiger partial charge in [-0.15, -0.1) is 0 Å². The summed E-state index contributed by atoms with van der Waals surface area (Å²) in [5.41, 5.74) is 2.82. The number of amides is 1. The highest BCUT2D eigenvalue weighted by Gasteiger charge is 2.14. The lowest BCUT2D eigenvalue weighted by molar-refractivity contribution is -0.116. The predicted octanol–water partition coefficient (Wildman–Crippen LogP) is 2.86. The van der Waals surface area contributed by atoms with Gasteiger partial charge in [-0.25, -0.2) is 4.79 Å². The highest BCUT2D eigenvalue weighted by molar-refractivity contribution is 5.96. The summed E-state index contributed by atoms with van der Waals surface area (Å²) in [6.07, 6.45) is 0. The molecule has 5 heteroatoms. The molecule has 5 nitrogen and oxygen atoms in total. The molecule has 1 N–H and O–H groups in total. The third kappa shape index (κ3) is 3.88. The number of nitrogens with one attached hydrogen (secondary N) is 1. The molecule has 0 saturated carbocycles. The van der Waals surface area contributed by atoms with Crippen LogP contribution in [0.4, 0.5) is 11.4 Å². The first kappa shape index (κ1) is 16.5. The summed E-state index contributed by atoms with van der Waals surface area (Å²) in [5.74, 6) is -0.460. The molecule has 0 saturated heterocycles. The third-order valence-electron chi connectivity index (χ3n) is 3.69. The largest absolute Gasteiger partial charge is 0.465 e. The van der Waals surface area contributed by atoms with Crippen LogP contribution in [-0.2, 0) is 9.53 Å². The van der Waals surface area contributed by atoms with Gasteiger partial charge in [-0.3, -0.25) is 4.79 Å². The van der Waals surface area contributed by atoms with E-state index in [0.29, 0.717) is 5.56 Å². The van der Waals surface area contributed by atoms with Crippen molar-refractivity contribution in [2.24, 2.45) is 0 Å². The topological polar surface area (TPSA) is 58.6 Å². The average molecular weight is 312 g/mol. The molecule has 2 aromatic rings. The van der Waals surface area contributed by atoms with Crippen molar-refractivity contribution < 1.29 is 14.3 Å². The van der Waals surface area contributed by atoms with Gasteiger partial charge in [-0.2, -0.15) is 0 Å². The zero-order valence-corrected chi connectivity index (χ0v) is 13.5. The van der Waals surface area contributed by atoms with Crippen molar-refractivity contribution in [2.45, 2.75) is 6.92 Å². The number of carbonyl (C=O) groups is 2. The van der Waals surface area contributed by atoms with Crippen LogP contribution < -0.4 is 10.2 Å². The van der Waals surface area contributed by atoms with E-state index in [2.05, 4.69) is 5.32 Å². The molecule has 120 valence electrons. The summed E-state index contributed by atoms with van der Waals surface area (Å²) in [7, 11) is 3.08. The van der Waals surface area contributed by atoms with Gasteiger partial charge in [0.25, 0.3) is 0 Å². The summed E-state index contributed by atoms with van der Waals surface area (Å²) in [4.78, 5) is 25.6. The number of esters is 1. The van der Waals surface area contributed by atoms with Crippen LogP contribution in [0.2, 0.25) is 0 Å². The van der Waals surface area contributed by atoms with Gasteiger partial charge in [0.15, 0.2) is 0 Å². The number of methoxy groups -OCH3 is 1. The van der Waals surface area contributed by atoms with Crippen LogP contribution in [0.15, 0.2) is 48.5 Å². The zero-order chi connectivity index (χ0) is 16.8. The summed E-state index contributed by atoms with van der Waals surface area (Å²) in [5, 5.41) is 3.08. The standard InChI is InChI=1S/C18H20N2O3/c1-13-15(18(22)23-3)10-7-11-16(13)19-12-17(21)20(2)14-8-5-4-6-9-14/h4-11,19H,12H2,1-3H3. The molecule has 2 aromatic carbocycles. The normalized spacial score (nSPS) is 10.0. The highest BCUT2D eigenvalue weighted by Crippen LogP contribution is 2.20. The Bertz CT molecular complexity index is 699. The Labute approximate surface area is 135 Å². The van der Waals surface area contributed by atoms with Gasteiger partial charge in [0, 0.05) is 18.4 Å². The van der Waals surface area contributed by atoms with E-state index >= 15 is 0 Å². The van der Waals surface area contributed by atoms with E-state index in [1.54, 1.807) is 24.1 Å². The number of hydrogen-bond acceptors (Lipinski definition) is 4. The van der Waals surface area contributed by atoms with E-state index in [1.807, 2.05) is 43.3 Å². The van der Waals surface area contributed by atoms with Crippen molar-refractivity contribution in [2.75, 3.05) is 30.9 Å². The molecule has 0 fully saturated rings. The molecule has 0 heterocycles. The van der Waals surface area contributed by atoms with E-state index in [0.717, 1.165) is 16.9 Å². The lowest BCUT2D eigenvalue weighted by Gasteiger charge is -2.18. The molecule has 0 atom stereocenters. The molecule has 0 aliphatic carbocycles. The monoisotopic (exact) mass is 312 g/mol. The minimum atomic E-state index is -0.390. The van der Waals surface area contributed by atoms with E-state index in [9.17, 15) is 9.59 Å². The van der Waals surface area contributed by atoms with Crippen molar-refractivity contribution in [3.05, 3.63) is 59.7 Å². The van der Waals surface area contributed by atoms with Gasteiger partial charge >= 0.3 is 5.97 Å². The number of hydrogen-bond donors (Lipinski definition) is 1. The Kier molecular flexibility index (Phi) is 5.36. The maximum atomic E-state index is 12.3. The number of likely N-dealkylation sites (N-methyl/N-ethyl adjacent to an activating group) is 1. The van der Waals surface area contributed by atoms with Gasteiger partial charge in [-0.1, -0.05) is 24.3 Å². The van der Waals surface area contributed by atoms with E-state index in [1.165, 1.54) is 7.11 Å². The molecule has 0 aliphatic rings. The molecular formula is C18H20N2O3. The van der Waals surface area contributed by atoms with Gasteiger partial charge in [0.2, 0.25) is 5.91 Å². The van der Waals surface area contributed by atoms with E-state index in [4.69, 9.17) is 4.74 Å². The average Bonchev–Trinajstić information content (AvgIpc) is 2.60. The minimum Gasteiger partial charge on any atom is -0.465 e. The Morgan fingerprint density at radius 3 is 2.43 bits per heavy atom. The van der Waals surface area contributed by atoms with Crippen LogP contribution in [0.5, 0.6) is 0 Å². The molecule has 2 rings (SSSR count). The van der Waals surface area contributed by atoms with Crippen LogP contribution in [0.1, 0.15) is 15.9 Å². The maximum Gasteiger partial charge on any atom is 0.338 e. The van der Waals surface area contributed by atoms with Crippen LogP contribution in [-0.4, -0.2) is 32.6 Å². The quantitative estimate of drug-likeness (QED) is 0.863. The Morgan fingerprint density at radius 1 is 1.09 bits per heavy atom. The van der Waals surface area contributed by atoms with Gasteiger partial charge in [0.05, 0.1) is 19.2 Å². The zero-order valence-electron chi connectivity index (χ0n) is 13.5. The number of rotatable bonds is 5. The van der Waals surface area contributed by atoms with Crippen molar-refractivity contribution >= 4 is 23.3 Å². The Balaban J connectivity index is 2.06. The second-order valence-electron chi connectivity index (χ2n) is 5.11. The number of ether oxygens (including phenoxy) is 1. The Hall–Kier alpha value is -2.82. The third-order valence-corrected chi connectivity index (χ3v) is 3.69. The van der Waals surface area contributed by atoms with Gasteiger partial charge < -0.3 is 15.0 Å². The second-order valence-corrected chi connectivity index (χ2v) is 5.11. The summed E-state index contributed by atoms with van der Waals surface area (Å²) < 4.78 is 4.75. The molecule has 0 bridgehead atoms. The van der Waals surface area contributed by atoms with Crippen molar-refractivity contribution in [3.63, 3.8) is 0 Å². The highest BCUT2D eigenvalue weighted by atomic mass is 16.5. The van der Waals surface area contributed by atoms with Gasteiger partial charge in [-0.05, 0) is 36.8 Å². The molecule has 0 unspecified atom stereocenters. The SMILES string of the molecule is COC(=O)c1cccc(NCC(=O)N(C)c2ccccc2)c1C. The fraction of sp³-hybridized carbons (Fsp3) is 0.222. The molecule has 23 heavy (non-hydrogen) atoms. The number of para-hydroxylation sites is 1. The maximum absolute atomic E-state index is 12.3. The molecule has 0 radical (unpaired) electrons. The first-order valence-corrected chi connectivity index (χ1v) is 7.28. The predicted molar refractivity (Wildman–Crippen MR) is 90.9 cm³/mol. The van der Waals surface area contributed by atoms with Crippen LogP contribution in [0.25, 0.3) is 0 Å². The summed E-state index contributed by atoms with van der Waals surface area (Å²) >= 11 is 0. The van der Waals surface area contributed by atoms with Crippen LogP contribution in [0.3, 0.4) is 0 Å². The number of nitrogens with zero attached hydrogens (tertiary/aromatic N) is 1. The summed E-state index contributed by atoms with van der Waals surface area (Å²) in [6, 6.07) is 14.7. The van der Waals surface area contributed by atoms with Gasteiger partial charge in [0.1, 0.15) is 0 Å². The van der Waals surface area contributed by atoms with Crippen LogP contribution in [0, 0.1) is 6.92 Å². The van der Waals surface area contributed by atoms with E-state index in [-0.39, 0.29) is 18.4 Å². The second kappa shape index (κ2) is 7.45. The minimum absolute atomic E-state index is 0.0703. The first-order valence-electron chi connectivity index (χ1n) is 7.28. The molecule has 0 aliphatic heterocycles. The lowest BCUT2D eigenvalue weighted by atomic mass is 10.1. The number of carbonyl (C=O) groups excluding carboxylic acids is 2. The Morgan fingerprint density at radius 2 is 1.78 bits per heavy atom. The van der Waals surface area contributed by atoms with Crippen molar-refractivity contribution in [3.8, 4) is 0 Å². The summed E-state index contributed by atoms with van der Waals surface area (Å²) in [6.45, 7) is 1.96. The molecule has 0 spiro atoms. The van der Waals surface area contributed by atoms with Crippen molar-refractivity contribution in [1.29, 1.82) is 0 Å². The molecular weight excluding hydrogens is 292 g/mol. The smallest absolute Gasteiger partial charge is 0.338 e. The fourth-order valence-corrected chi connectivity index (χ4v) is 2.24. The molecule has 1 amide bonds. The van der Waals surface area contributed by atoms with Crippen molar-refractivity contribution in [1.82, 2.24) is 0 Å². The lowest BCUT2D eigenvalue weighted by Crippen LogP contribution is -2.32. The fourth-order valence-electron chi connectivity index (χ4n) is 2.24. The number of anilines is 2. The number of benzene rings is 2.